The lowest BCUT2D eigenvalue weighted by Gasteiger charge is -2.18. The quantitative estimate of drug-likeness (QED) is 0.0878. The summed E-state index contributed by atoms with van der Waals surface area (Å²) in [6.45, 7) is 6.96. The molecule has 0 aliphatic carbocycles. The van der Waals surface area contributed by atoms with Crippen LogP contribution in [-0.4, -0.2) is 38.6 Å². The zero-order valence-corrected chi connectivity index (χ0v) is 23.8. The maximum atomic E-state index is 9.33. The SMILES string of the molecule is CCCCCCCCP(CCCCCCCC)CCCCCCCC.COS(=O)(=O)O.N. The number of hydrogen-bond acceptors (Lipinski definition) is 4. The molecule has 0 spiro atoms. The zero-order chi connectivity index (χ0) is 23.6. The summed E-state index contributed by atoms with van der Waals surface area (Å²) in [5.74, 6) is 0. The maximum absolute atomic E-state index is 9.33. The summed E-state index contributed by atoms with van der Waals surface area (Å²) < 4.78 is 29.7. The van der Waals surface area contributed by atoms with Crippen molar-refractivity contribution in [2.45, 2.75) is 136 Å². The minimum atomic E-state index is -4.16. The number of unbranched alkanes of at least 4 members (excludes halogenated alkanes) is 15. The van der Waals surface area contributed by atoms with Crippen molar-refractivity contribution in [3.8, 4) is 0 Å². The highest BCUT2D eigenvalue weighted by Crippen LogP contribution is 2.39. The molecule has 0 aromatic rings. The predicted molar refractivity (Wildman–Crippen MR) is 145 cm³/mol. The van der Waals surface area contributed by atoms with Crippen LogP contribution in [0.25, 0.3) is 0 Å². The van der Waals surface area contributed by atoms with Crippen LogP contribution in [0.1, 0.15) is 136 Å². The van der Waals surface area contributed by atoms with Gasteiger partial charge in [-0.15, -0.1) is 7.92 Å². The van der Waals surface area contributed by atoms with Crippen molar-refractivity contribution in [2.75, 3.05) is 25.6 Å². The Morgan fingerprint density at radius 2 is 0.781 bits per heavy atom. The van der Waals surface area contributed by atoms with Crippen molar-refractivity contribution in [2.24, 2.45) is 0 Å². The predicted octanol–water partition coefficient (Wildman–Crippen LogP) is 9.15. The Kier molecular flexibility index (Phi) is 33.7. The van der Waals surface area contributed by atoms with Crippen molar-refractivity contribution < 1.29 is 17.2 Å². The summed E-state index contributed by atoms with van der Waals surface area (Å²) in [6, 6.07) is 0. The van der Waals surface area contributed by atoms with Crippen molar-refractivity contribution in [1.82, 2.24) is 6.15 Å². The zero-order valence-electron chi connectivity index (χ0n) is 22.1. The van der Waals surface area contributed by atoms with Gasteiger partial charge in [0.05, 0.1) is 7.11 Å². The Bertz CT molecular complexity index is 398. The van der Waals surface area contributed by atoms with E-state index in [1.54, 1.807) is 18.5 Å². The first-order chi connectivity index (χ1) is 14.9. The van der Waals surface area contributed by atoms with Gasteiger partial charge in [-0.05, 0) is 37.7 Å². The molecule has 32 heavy (non-hydrogen) atoms. The Balaban J connectivity index is -0.00000105. The third kappa shape index (κ3) is 34.9. The van der Waals surface area contributed by atoms with Gasteiger partial charge in [-0.1, -0.05) is 117 Å². The first kappa shape index (κ1) is 36.8. The summed E-state index contributed by atoms with van der Waals surface area (Å²) in [5.41, 5.74) is 0. The maximum Gasteiger partial charge on any atom is 0.397 e. The van der Waals surface area contributed by atoms with Gasteiger partial charge in [-0.2, -0.15) is 8.42 Å². The summed E-state index contributed by atoms with van der Waals surface area (Å²) in [5, 5.41) is 0. The van der Waals surface area contributed by atoms with Crippen molar-refractivity contribution in [1.29, 1.82) is 0 Å². The Morgan fingerprint density at radius 1 is 0.562 bits per heavy atom. The van der Waals surface area contributed by atoms with E-state index in [0.29, 0.717) is 7.92 Å². The fraction of sp³-hybridized carbons (Fsp3) is 1.00. The largest absolute Gasteiger partial charge is 0.397 e. The molecule has 0 amide bonds. The lowest BCUT2D eigenvalue weighted by Crippen LogP contribution is -1.97. The third-order valence-electron chi connectivity index (χ3n) is 5.69. The number of rotatable bonds is 22. The summed E-state index contributed by atoms with van der Waals surface area (Å²) in [4.78, 5) is 0. The van der Waals surface area contributed by atoms with Crippen LogP contribution >= 0.6 is 7.92 Å². The first-order valence-electron chi connectivity index (χ1n) is 13.2. The molecule has 0 aliphatic heterocycles. The highest BCUT2D eigenvalue weighted by atomic mass is 32.3. The van der Waals surface area contributed by atoms with Gasteiger partial charge in [-0.3, -0.25) is 8.74 Å². The van der Waals surface area contributed by atoms with E-state index in [1.807, 2.05) is 0 Å². The van der Waals surface area contributed by atoms with Crippen molar-refractivity contribution in [3.63, 3.8) is 0 Å². The summed E-state index contributed by atoms with van der Waals surface area (Å²) >= 11 is 0. The van der Waals surface area contributed by atoms with Crippen LogP contribution in [0.5, 0.6) is 0 Å². The molecule has 4 N–H and O–H groups in total. The van der Waals surface area contributed by atoms with Crippen LogP contribution in [0, 0.1) is 0 Å². The molecule has 0 aliphatic rings. The van der Waals surface area contributed by atoms with Gasteiger partial charge in [0.15, 0.2) is 0 Å². The molecule has 0 aromatic carbocycles. The van der Waals surface area contributed by atoms with Crippen LogP contribution in [0.3, 0.4) is 0 Å². The van der Waals surface area contributed by atoms with Gasteiger partial charge in [0, 0.05) is 0 Å². The summed E-state index contributed by atoms with van der Waals surface area (Å²) in [7, 11) is -2.93. The molecule has 0 radical (unpaired) electrons. The van der Waals surface area contributed by atoms with E-state index in [9.17, 15) is 8.42 Å². The Morgan fingerprint density at radius 3 is 1.00 bits per heavy atom. The van der Waals surface area contributed by atoms with Gasteiger partial charge in [-0.25, -0.2) is 0 Å². The average Bonchev–Trinajstić information content (AvgIpc) is 2.74. The first-order valence-corrected chi connectivity index (χ1v) is 16.4. The second kappa shape index (κ2) is 29.3. The highest BCUT2D eigenvalue weighted by molar-refractivity contribution is 7.80. The van der Waals surface area contributed by atoms with Gasteiger partial charge in [0.25, 0.3) is 0 Å². The fourth-order valence-corrected chi connectivity index (χ4v) is 6.37. The standard InChI is InChI=1S/C24H51P.CH4O4S.H3N/c1-4-7-10-13-16-19-22-25(23-20-17-14-11-8-5-2)24-21-18-15-12-9-6-3;1-5-6(2,3)4;/h4-24H2,1-3H3;1H3,(H,2,3,4);1H3. The van der Waals surface area contributed by atoms with Crippen LogP contribution < -0.4 is 6.15 Å². The molecule has 7 heteroatoms. The van der Waals surface area contributed by atoms with Gasteiger partial charge < -0.3 is 6.15 Å². The Labute approximate surface area is 203 Å². The fourth-order valence-electron chi connectivity index (χ4n) is 3.68. The van der Waals surface area contributed by atoms with E-state index in [-0.39, 0.29) is 6.15 Å². The highest BCUT2D eigenvalue weighted by Gasteiger charge is 2.07. The van der Waals surface area contributed by atoms with E-state index < -0.39 is 10.4 Å². The lowest BCUT2D eigenvalue weighted by atomic mass is 10.1. The molecule has 0 rings (SSSR count). The lowest BCUT2D eigenvalue weighted by molar-refractivity contribution is 0.324. The average molecular weight is 500 g/mol. The molecule has 0 aromatic heterocycles. The minimum absolute atomic E-state index is 0. The second-order valence-electron chi connectivity index (χ2n) is 8.74. The normalized spacial score (nSPS) is 11.2. The van der Waals surface area contributed by atoms with E-state index in [0.717, 1.165) is 7.11 Å². The molecule has 0 atom stereocenters. The molecular weight excluding hydrogens is 441 g/mol. The number of hydrogen-bond donors (Lipinski definition) is 2. The van der Waals surface area contributed by atoms with E-state index in [2.05, 4.69) is 25.0 Å². The van der Waals surface area contributed by atoms with Gasteiger partial charge in [0.2, 0.25) is 0 Å². The van der Waals surface area contributed by atoms with E-state index in [4.69, 9.17) is 4.55 Å². The van der Waals surface area contributed by atoms with Crippen molar-refractivity contribution >= 4 is 18.3 Å². The van der Waals surface area contributed by atoms with Crippen LogP contribution in [-0.2, 0) is 14.6 Å². The Hall–Kier alpha value is 0.260. The van der Waals surface area contributed by atoms with Crippen LogP contribution in [0.2, 0.25) is 0 Å². The monoisotopic (exact) mass is 499 g/mol. The van der Waals surface area contributed by atoms with Gasteiger partial charge >= 0.3 is 10.4 Å². The van der Waals surface area contributed by atoms with Crippen molar-refractivity contribution in [3.05, 3.63) is 0 Å². The molecule has 198 valence electrons. The molecule has 0 bridgehead atoms. The van der Waals surface area contributed by atoms with Crippen LogP contribution in [0.15, 0.2) is 0 Å². The molecule has 0 heterocycles. The molecule has 0 saturated heterocycles. The molecular formula is C25H58NO4PS. The molecule has 0 saturated carbocycles. The topological polar surface area (TPSA) is 98.6 Å². The molecule has 0 unspecified atom stereocenters. The molecule has 0 fully saturated rings. The van der Waals surface area contributed by atoms with E-state index >= 15 is 0 Å². The van der Waals surface area contributed by atoms with Gasteiger partial charge in [0.1, 0.15) is 0 Å². The summed E-state index contributed by atoms with van der Waals surface area (Å²) in [6.07, 6.45) is 31.2. The molecule has 5 nitrogen and oxygen atoms in total. The minimum Gasteiger partial charge on any atom is -0.344 e. The van der Waals surface area contributed by atoms with Crippen LogP contribution in [0.4, 0.5) is 0 Å². The smallest absolute Gasteiger partial charge is 0.344 e. The second-order valence-corrected chi connectivity index (χ2v) is 12.6. The third-order valence-corrected chi connectivity index (χ3v) is 8.96. The van der Waals surface area contributed by atoms with E-state index in [1.165, 1.54) is 116 Å².